The Morgan fingerprint density at radius 2 is 1.74 bits per heavy atom. The van der Waals surface area contributed by atoms with Crippen LogP contribution in [0.25, 0.3) is 11.3 Å². The second kappa shape index (κ2) is 6.38. The molecule has 1 heterocycles. The van der Waals surface area contributed by atoms with Crippen molar-refractivity contribution >= 4 is 27.5 Å². The predicted molar refractivity (Wildman–Crippen MR) is 95.6 cm³/mol. The van der Waals surface area contributed by atoms with Gasteiger partial charge in [0, 0.05) is 10.0 Å². The van der Waals surface area contributed by atoms with Gasteiger partial charge in [0.25, 0.3) is 5.91 Å². The number of aromatic nitrogens is 2. The normalized spacial score (nSPS) is 10.6. The zero-order chi connectivity index (χ0) is 16.4. The first-order chi connectivity index (χ1) is 11.0. The van der Waals surface area contributed by atoms with Crippen LogP contribution in [0, 0.1) is 13.8 Å². The molecule has 0 aliphatic rings. The minimum atomic E-state index is -0.222. The highest BCUT2D eigenvalue weighted by molar-refractivity contribution is 9.10. The van der Waals surface area contributed by atoms with Gasteiger partial charge in [0.05, 0.1) is 11.4 Å². The first-order valence-corrected chi connectivity index (χ1v) is 8.02. The zero-order valence-electron chi connectivity index (χ0n) is 12.9. The lowest BCUT2D eigenvalue weighted by molar-refractivity contribution is 0.102. The molecule has 2 aromatic carbocycles. The van der Waals surface area contributed by atoms with Gasteiger partial charge >= 0.3 is 0 Å². The smallest absolute Gasteiger partial charge is 0.273 e. The van der Waals surface area contributed by atoms with E-state index in [1.165, 1.54) is 5.56 Å². The number of anilines is 1. The lowest BCUT2D eigenvalue weighted by Gasteiger charge is -2.06. The van der Waals surface area contributed by atoms with E-state index >= 15 is 0 Å². The predicted octanol–water partition coefficient (Wildman–Crippen LogP) is 4.71. The minimum absolute atomic E-state index is 0.222. The maximum atomic E-state index is 12.3. The Labute approximate surface area is 143 Å². The third kappa shape index (κ3) is 3.51. The van der Waals surface area contributed by atoms with Crippen molar-refractivity contribution in [3.8, 4) is 11.3 Å². The van der Waals surface area contributed by atoms with Gasteiger partial charge in [0.1, 0.15) is 5.69 Å². The first-order valence-electron chi connectivity index (χ1n) is 7.23. The Kier molecular flexibility index (Phi) is 4.30. The number of benzene rings is 2. The van der Waals surface area contributed by atoms with Gasteiger partial charge in [-0.2, -0.15) is 5.10 Å². The van der Waals surface area contributed by atoms with Crippen LogP contribution in [0.15, 0.2) is 53.0 Å². The molecule has 0 saturated heterocycles. The lowest BCUT2D eigenvalue weighted by Crippen LogP contribution is -2.12. The minimum Gasteiger partial charge on any atom is -0.320 e. The van der Waals surface area contributed by atoms with Crippen LogP contribution in [-0.2, 0) is 0 Å². The average Bonchev–Trinajstić information content (AvgIpc) is 3.01. The van der Waals surface area contributed by atoms with Crippen molar-refractivity contribution in [2.75, 3.05) is 5.32 Å². The molecule has 0 fully saturated rings. The van der Waals surface area contributed by atoms with Gasteiger partial charge in [-0.3, -0.25) is 9.89 Å². The molecule has 4 nitrogen and oxygen atoms in total. The Hall–Kier alpha value is -2.40. The van der Waals surface area contributed by atoms with Crippen LogP contribution in [0.1, 0.15) is 21.6 Å². The van der Waals surface area contributed by atoms with Gasteiger partial charge < -0.3 is 5.32 Å². The van der Waals surface area contributed by atoms with E-state index in [0.29, 0.717) is 5.69 Å². The fourth-order valence-electron chi connectivity index (χ4n) is 2.22. The number of carbonyl (C=O) groups excluding carboxylic acids is 1. The molecular formula is C18H16BrN3O. The van der Waals surface area contributed by atoms with Crippen LogP contribution in [0.4, 0.5) is 5.69 Å². The topological polar surface area (TPSA) is 57.8 Å². The number of hydrogen-bond acceptors (Lipinski definition) is 2. The molecule has 0 aliphatic heterocycles. The van der Waals surface area contributed by atoms with Gasteiger partial charge in [-0.25, -0.2) is 0 Å². The number of aromatic amines is 1. The number of amides is 1. The molecule has 0 atom stereocenters. The summed E-state index contributed by atoms with van der Waals surface area (Å²) < 4.78 is 0.851. The van der Waals surface area contributed by atoms with Crippen LogP contribution in [0.3, 0.4) is 0 Å². The maximum Gasteiger partial charge on any atom is 0.273 e. The molecule has 2 N–H and O–H groups in total. The van der Waals surface area contributed by atoms with Crippen LogP contribution < -0.4 is 5.32 Å². The summed E-state index contributed by atoms with van der Waals surface area (Å²) in [5.41, 5.74) is 5.19. The maximum absolute atomic E-state index is 12.3. The van der Waals surface area contributed by atoms with Gasteiger partial charge in [-0.1, -0.05) is 35.9 Å². The van der Waals surface area contributed by atoms with Crippen molar-refractivity contribution in [2.24, 2.45) is 0 Å². The van der Waals surface area contributed by atoms with E-state index in [1.54, 1.807) is 6.07 Å². The van der Waals surface area contributed by atoms with E-state index in [2.05, 4.69) is 31.4 Å². The average molecular weight is 370 g/mol. The number of aryl methyl sites for hydroxylation is 2. The van der Waals surface area contributed by atoms with E-state index in [9.17, 15) is 4.79 Å². The van der Waals surface area contributed by atoms with Crippen LogP contribution in [-0.4, -0.2) is 16.1 Å². The summed E-state index contributed by atoms with van der Waals surface area (Å²) in [6, 6.07) is 15.6. The molecular weight excluding hydrogens is 354 g/mol. The number of H-pyrrole nitrogens is 1. The van der Waals surface area contributed by atoms with E-state index in [0.717, 1.165) is 27.0 Å². The summed E-state index contributed by atoms with van der Waals surface area (Å²) in [7, 11) is 0. The SMILES string of the molecule is Cc1ccc(-c2cc(C(=O)Nc3ccc(C)cc3Br)[nH]n2)cc1. The van der Waals surface area contributed by atoms with Crippen molar-refractivity contribution in [3.63, 3.8) is 0 Å². The van der Waals surface area contributed by atoms with E-state index < -0.39 is 0 Å². The van der Waals surface area contributed by atoms with Gasteiger partial charge in [0.2, 0.25) is 0 Å². The van der Waals surface area contributed by atoms with Crippen molar-refractivity contribution in [2.45, 2.75) is 13.8 Å². The molecule has 0 saturated carbocycles. The highest BCUT2D eigenvalue weighted by Crippen LogP contribution is 2.24. The standard InChI is InChI=1S/C18H16BrN3O/c1-11-3-6-13(7-4-11)16-10-17(22-21-16)18(23)20-15-8-5-12(2)9-14(15)19/h3-10H,1-2H3,(H,20,23)(H,21,22). The van der Waals surface area contributed by atoms with Crippen molar-refractivity contribution in [3.05, 3.63) is 69.8 Å². The summed E-state index contributed by atoms with van der Waals surface area (Å²) >= 11 is 3.46. The van der Waals surface area contributed by atoms with Crippen molar-refractivity contribution < 1.29 is 4.79 Å². The quantitative estimate of drug-likeness (QED) is 0.702. The number of rotatable bonds is 3. The number of carbonyl (C=O) groups is 1. The molecule has 1 aromatic heterocycles. The summed E-state index contributed by atoms with van der Waals surface area (Å²) in [6.07, 6.45) is 0. The molecule has 0 unspecified atom stereocenters. The molecule has 5 heteroatoms. The molecule has 3 rings (SSSR count). The van der Waals surface area contributed by atoms with Gasteiger partial charge in [-0.05, 0) is 53.5 Å². The largest absolute Gasteiger partial charge is 0.320 e. The number of nitrogens with one attached hydrogen (secondary N) is 2. The molecule has 0 aliphatic carbocycles. The van der Waals surface area contributed by atoms with Crippen molar-refractivity contribution in [1.29, 1.82) is 0 Å². The Morgan fingerprint density at radius 1 is 1.04 bits per heavy atom. The number of halogens is 1. The van der Waals surface area contributed by atoms with Crippen LogP contribution in [0.2, 0.25) is 0 Å². The zero-order valence-corrected chi connectivity index (χ0v) is 14.4. The summed E-state index contributed by atoms with van der Waals surface area (Å²) in [4.78, 5) is 12.3. The Morgan fingerprint density at radius 3 is 2.43 bits per heavy atom. The number of hydrogen-bond donors (Lipinski definition) is 2. The fraction of sp³-hybridized carbons (Fsp3) is 0.111. The molecule has 0 bridgehead atoms. The fourth-order valence-corrected chi connectivity index (χ4v) is 2.81. The first kappa shape index (κ1) is 15.5. The number of nitrogens with zero attached hydrogens (tertiary/aromatic N) is 1. The Balaban J connectivity index is 1.79. The third-order valence-corrected chi connectivity index (χ3v) is 4.20. The third-order valence-electron chi connectivity index (χ3n) is 3.54. The Bertz CT molecular complexity index is 853. The van der Waals surface area contributed by atoms with Crippen LogP contribution >= 0.6 is 15.9 Å². The molecule has 3 aromatic rings. The summed E-state index contributed by atoms with van der Waals surface area (Å²) in [5.74, 6) is -0.222. The van der Waals surface area contributed by atoms with Gasteiger partial charge in [0.15, 0.2) is 0 Å². The van der Waals surface area contributed by atoms with Gasteiger partial charge in [-0.15, -0.1) is 0 Å². The van der Waals surface area contributed by atoms with E-state index in [4.69, 9.17) is 0 Å². The highest BCUT2D eigenvalue weighted by Gasteiger charge is 2.12. The molecule has 116 valence electrons. The summed E-state index contributed by atoms with van der Waals surface area (Å²) in [6.45, 7) is 4.03. The molecule has 1 amide bonds. The molecule has 0 spiro atoms. The molecule has 0 radical (unpaired) electrons. The van der Waals surface area contributed by atoms with E-state index in [1.807, 2.05) is 56.3 Å². The lowest BCUT2D eigenvalue weighted by atomic mass is 10.1. The second-order valence-electron chi connectivity index (χ2n) is 5.47. The summed E-state index contributed by atoms with van der Waals surface area (Å²) in [5, 5.41) is 9.88. The molecule has 23 heavy (non-hydrogen) atoms. The van der Waals surface area contributed by atoms with Crippen LogP contribution in [0.5, 0.6) is 0 Å². The van der Waals surface area contributed by atoms with Crippen molar-refractivity contribution in [1.82, 2.24) is 10.2 Å². The second-order valence-corrected chi connectivity index (χ2v) is 6.32. The monoisotopic (exact) mass is 369 g/mol. The van der Waals surface area contributed by atoms with E-state index in [-0.39, 0.29) is 5.91 Å². The highest BCUT2D eigenvalue weighted by atomic mass is 79.9.